The Bertz CT molecular complexity index is 961. The highest BCUT2D eigenvalue weighted by molar-refractivity contribution is 6.18. The van der Waals surface area contributed by atoms with E-state index in [0.29, 0.717) is 12.0 Å². The van der Waals surface area contributed by atoms with Crippen molar-refractivity contribution in [2.45, 2.75) is 25.4 Å². The van der Waals surface area contributed by atoms with Crippen LogP contribution in [0.4, 0.5) is 0 Å². The Morgan fingerprint density at radius 1 is 0.939 bits per heavy atom. The molecule has 1 aliphatic rings. The summed E-state index contributed by atoms with van der Waals surface area (Å²) in [7, 11) is 0. The van der Waals surface area contributed by atoms with Gasteiger partial charge in [0.25, 0.3) is 0 Å². The molecule has 5 nitrogen and oxygen atoms in total. The van der Waals surface area contributed by atoms with Gasteiger partial charge in [0.05, 0.1) is 18.6 Å². The summed E-state index contributed by atoms with van der Waals surface area (Å²) in [6.07, 6.45) is 3.08. The maximum Gasteiger partial charge on any atom is 0.328 e. The summed E-state index contributed by atoms with van der Waals surface area (Å²) in [5.41, 5.74) is 3.00. The number of halogens is 1. The van der Waals surface area contributed by atoms with Gasteiger partial charge in [0.2, 0.25) is 0 Å². The number of carboxylic acids is 1. The molecule has 4 rings (SSSR count). The molecule has 0 spiro atoms. The second-order valence-corrected chi connectivity index (χ2v) is 8.22. The fourth-order valence-corrected chi connectivity index (χ4v) is 2.99. The number of phenolic OH excluding ortho intramolecular Hbond substituents is 2. The van der Waals surface area contributed by atoms with E-state index in [2.05, 4.69) is 13.8 Å². The molecule has 174 valence electrons. The second-order valence-electron chi connectivity index (χ2n) is 7.91. The van der Waals surface area contributed by atoms with Crippen molar-refractivity contribution >= 4 is 23.6 Å². The average Bonchev–Trinajstić information content (AvgIpc) is 3.65. The fraction of sp³-hybridized carbons (Fsp3) is 0.222. The fourth-order valence-electron chi connectivity index (χ4n) is 2.81. The molecule has 0 amide bonds. The monoisotopic (exact) mass is 468 g/mol. The minimum atomic E-state index is -0.922. The molecule has 1 aliphatic heterocycles. The first-order valence-electron chi connectivity index (χ1n) is 10.4. The number of ether oxygens (including phenoxy) is 1. The number of rotatable bonds is 5. The molecule has 6 heteroatoms. The standard InChI is InChI=1S/C15H16O2.C9H8O2.C3H5ClO/c1-15(2,11-3-7-13(16)8-4-11)12-5-9-14(17)10-6-12;10-9(11)7-6-8-4-2-1-3-5-8;4-1-3-2-5-3/h3-10,16-17H,1-2H3;1-7H,(H,10,11);3H,1-2H2/b;7-6+;. The predicted molar refractivity (Wildman–Crippen MR) is 132 cm³/mol. The van der Waals surface area contributed by atoms with Gasteiger partial charge in [-0.3, -0.25) is 0 Å². The number of carboxylic acid groups (broad SMARTS) is 1. The SMILES string of the molecule is CC(C)(c1ccc(O)cc1)c1ccc(O)cc1.ClCC1CO1.O=C(O)/C=C/c1ccccc1. The van der Waals surface area contributed by atoms with Crippen LogP contribution in [0.2, 0.25) is 0 Å². The van der Waals surface area contributed by atoms with Gasteiger partial charge in [-0.15, -0.1) is 11.6 Å². The smallest absolute Gasteiger partial charge is 0.328 e. The van der Waals surface area contributed by atoms with Crippen LogP contribution < -0.4 is 0 Å². The summed E-state index contributed by atoms with van der Waals surface area (Å²) in [6.45, 7) is 5.11. The Hall–Kier alpha value is -3.28. The van der Waals surface area contributed by atoms with Crippen LogP contribution in [-0.4, -0.2) is 39.9 Å². The van der Waals surface area contributed by atoms with Crippen molar-refractivity contribution in [2.75, 3.05) is 12.5 Å². The zero-order chi connectivity index (χ0) is 24.3. The van der Waals surface area contributed by atoms with Gasteiger partial charge in [0.15, 0.2) is 0 Å². The first kappa shape index (κ1) is 26.0. The van der Waals surface area contributed by atoms with Crippen LogP contribution in [0.15, 0.2) is 84.9 Å². The molecule has 0 bridgehead atoms. The van der Waals surface area contributed by atoms with Gasteiger partial charge in [-0.2, -0.15) is 0 Å². The van der Waals surface area contributed by atoms with Crippen molar-refractivity contribution < 1.29 is 24.9 Å². The molecule has 0 aromatic heterocycles. The molecule has 1 heterocycles. The lowest BCUT2D eigenvalue weighted by atomic mass is 9.78. The van der Waals surface area contributed by atoms with Crippen LogP contribution in [-0.2, 0) is 14.9 Å². The minimum Gasteiger partial charge on any atom is -0.508 e. The number of benzene rings is 3. The lowest BCUT2D eigenvalue weighted by molar-refractivity contribution is -0.131. The van der Waals surface area contributed by atoms with E-state index in [4.69, 9.17) is 21.4 Å². The molecule has 1 saturated heterocycles. The van der Waals surface area contributed by atoms with Gasteiger partial charge >= 0.3 is 5.97 Å². The van der Waals surface area contributed by atoms with E-state index in [0.717, 1.165) is 29.4 Å². The van der Waals surface area contributed by atoms with Crippen molar-refractivity contribution in [3.05, 3.63) is 102 Å². The first-order valence-corrected chi connectivity index (χ1v) is 11.0. The van der Waals surface area contributed by atoms with Gasteiger partial charge in [0.1, 0.15) is 11.5 Å². The van der Waals surface area contributed by atoms with Crippen molar-refractivity contribution in [1.82, 2.24) is 0 Å². The summed E-state index contributed by atoms with van der Waals surface area (Å²) >= 11 is 5.27. The number of hydrogen-bond acceptors (Lipinski definition) is 4. The number of epoxide rings is 1. The Kier molecular flexibility index (Phi) is 9.98. The van der Waals surface area contributed by atoms with Crippen LogP contribution in [0.1, 0.15) is 30.5 Å². The van der Waals surface area contributed by atoms with Crippen molar-refractivity contribution in [3.63, 3.8) is 0 Å². The van der Waals surface area contributed by atoms with Gasteiger partial charge < -0.3 is 20.1 Å². The maximum atomic E-state index is 10.1. The van der Waals surface area contributed by atoms with Crippen LogP contribution in [0, 0.1) is 0 Å². The molecule has 3 aromatic carbocycles. The first-order chi connectivity index (χ1) is 15.7. The summed E-state index contributed by atoms with van der Waals surface area (Å²) in [6, 6.07) is 23.7. The number of phenols is 2. The van der Waals surface area contributed by atoms with Gasteiger partial charge in [-0.25, -0.2) is 4.79 Å². The minimum absolute atomic E-state index is 0.151. The van der Waals surface area contributed by atoms with E-state index in [1.165, 1.54) is 0 Å². The summed E-state index contributed by atoms with van der Waals surface area (Å²) in [5, 5.41) is 26.9. The third kappa shape index (κ3) is 9.39. The largest absolute Gasteiger partial charge is 0.508 e. The lowest BCUT2D eigenvalue weighted by Gasteiger charge is -2.26. The molecule has 1 atom stereocenters. The normalized spacial score (nSPS) is 14.5. The molecule has 33 heavy (non-hydrogen) atoms. The number of carbonyl (C=O) groups is 1. The van der Waals surface area contributed by atoms with E-state index >= 15 is 0 Å². The molecule has 3 aromatic rings. The highest BCUT2D eigenvalue weighted by atomic mass is 35.5. The summed E-state index contributed by atoms with van der Waals surface area (Å²) in [4.78, 5) is 10.1. The second kappa shape index (κ2) is 12.7. The summed E-state index contributed by atoms with van der Waals surface area (Å²) in [5.74, 6) is 0.291. The van der Waals surface area contributed by atoms with Crippen molar-refractivity contribution in [2.24, 2.45) is 0 Å². The lowest BCUT2D eigenvalue weighted by Crippen LogP contribution is -2.18. The van der Waals surface area contributed by atoms with Crippen LogP contribution in [0.3, 0.4) is 0 Å². The molecule has 1 fully saturated rings. The third-order valence-corrected chi connectivity index (χ3v) is 5.31. The average molecular weight is 469 g/mol. The molecule has 0 saturated carbocycles. The quantitative estimate of drug-likeness (QED) is 0.249. The molecular weight excluding hydrogens is 440 g/mol. The van der Waals surface area contributed by atoms with E-state index in [9.17, 15) is 15.0 Å². The number of aliphatic carboxylic acids is 1. The Labute approximate surface area is 199 Å². The highest BCUT2D eigenvalue weighted by Gasteiger charge is 2.22. The van der Waals surface area contributed by atoms with Gasteiger partial charge in [-0.05, 0) is 47.0 Å². The van der Waals surface area contributed by atoms with E-state index in [1.807, 2.05) is 54.6 Å². The Balaban J connectivity index is 0.000000204. The number of alkyl halides is 1. The topological polar surface area (TPSA) is 90.3 Å². The number of aromatic hydroxyl groups is 2. The van der Waals surface area contributed by atoms with E-state index in [1.54, 1.807) is 30.3 Å². The third-order valence-electron chi connectivity index (χ3n) is 4.97. The maximum absolute atomic E-state index is 10.1. The number of hydrogen-bond donors (Lipinski definition) is 3. The Morgan fingerprint density at radius 2 is 1.39 bits per heavy atom. The molecule has 0 radical (unpaired) electrons. The van der Waals surface area contributed by atoms with Gasteiger partial charge in [-0.1, -0.05) is 68.4 Å². The zero-order valence-electron chi connectivity index (χ0n) is 18.7. The molecule has 0 aliphatic carbocycles. The van der Waals surface area contributed by atoms with Crippen LogP contribution in [0.5, 0.6) is 11.5 Å². The molecular formula is C27H29ClO5. The van der Waals surface area contributed by atoms with E-state index in [-0.39, 0.29) is 16.9 Å². The predicted octanol–water partition coefficient (Wildman–Crippen LogP) is 5.83. The Morgan fingerprint density at radius 3 is 1.73 bits per heavy atom. The highest BCUT2D eigenvalue weighted by Crippen LogP contribution is 2.32. The molecule has 1 unspecified atom stereocenters. The van der Waals surface area contributed by atoms with Crippen molar-refractivity contribution in [3.8, 4) is 11.5 Å². The van der Waals surface area contributed by atoms with Crippen LogP contribution in [0.25, 0.3) is 6.08 Å². The van der Waals surface area contributed by atoms with Crippen molar-refractivity contribution in [1.29, 1.82) is 0 Å². The molecule has 3 N–H and O–H groups in total. The summed E-state index contributed by atoms with van der Waals surface area (Å²) < 4.78 is 4.73. The van der Waals surface area contributed by atoms with E-state index < -0.39 is 5.97 Å². The zero-order valence-corrected chi connectivity index (χ0v) is 19.4. The van der Waals surface area contributed by atoms with Gasteiger partial charge in [0, 0.05) is 11.5 Å². The van der Waals surface area contributed by atoms with Crippen LogP contribution >= 0.6 is 11.6 Å².